The lowest BCUT2D eigenvalue weighted by atomic mass is 9.84. The van der Waals surface area contributed by atoms with Crippen molar-refractivity contribution in [2.75, 3.05) is 6.54 Å². The first-order chi connectivity index (χ1) is 10.8. The van der Waals surface area contributed by atoms with E-state index >= 15 is 0 Å². The molecule has 1 atom stereocenters. The molecule has 1 aliphatic heterocycles. The number of amides is 1. The van der Waals surface area contributed by atoms with E-state index in [0.29, 0.717) is 11.8 Å². The van der Waals surface area contributed by atoms with Crippen molar-refractivity contribution in [1.29, 1.82) is 0 Å². The van der Waals surface area contributed by atoms with E-state index in [1.54, 1.807) is 12.5 Å². The Hall–Kier alpha value is -1.88. The van der Waals surface area contributed by atoms with Crippen LogP contribution in [0, 0.1) is 5.92 Å². The summed E-state index contributed by atoms with van der Waals surface area (Å²) in [6.45, 7) is 0.839. The van der Waals surface area contributed by atoms with Gasteiger partial charge in [-0.05, 0) is 44.1 Å². The van der Waals surface area contributed by atoms with Crippen LogP contribution < -0.4 is 0 Å². The number of carbonyl (C=O) groups is 1. The molecule has 1 aliphatic carbocycles. The number of oxazole rings is 1. The summed E-state index contributed by atoms with van der Waals surface area (Å²) >= 11 is 1.51. The van der Waals surface area contributed by atoms with E-state index < -0.39 is 0 Å². The maximum atomic E-state index is 12.9. The maximum Gasteiger partial charge on any atom is 0.258 e. The van der Waals surface area contributed by atoms with Crippen molar-refractivity contribution in [2.45, 2.75) is 32.1 Å². The molecule has 0 saturated carbocycles. The molecule has 0 aromatic carbocycles. The minimum atomic E-state index is 0.118. The second-order valence-corrected chi connectivity index (χ2v) is 6.80. The van der Waals surface area contributed by atoms with Crippen LogP contribution in [0.4, 0.5) is 0 Å². The first-order valence-electron chi connectivity index (χ1n) is 7.83. The predicted octanol–water partition coefficient (Wildman–Crippen LogP) is 4.32. The van der Waals surface area contributed by atoms with E-state index in [4.69, 9.17) is 4.42 Å². The number of hydrogen-bond acceptors (Lipinski definition) is 4. The van der Waals surface area contributed by atoms with Gasteiger partial charge < -0.3 is 9.32 Å². The molecule has 5 heteroatoms. The number of nitrogens with zero attached hydrogens (tertiary/aromatic N) is 2. The summed E-state index contributed by atoms with van der Waals surface area (Å²) in [4.78, 5) is 19.9. The SMILES string of the molecule is O=C(c1csc(-c2ncco2)c1)N1CCCC2CCCC=C21. The van der Waals surface area contributed by atoms with Crippen molar-refractivity contribution in [2.24, 2.45) is 5.92 Å². The largest absolute Gasteiger partial charge is 0.444 e. The summed E-state index contributed by atoms with van der Waals surface area (Å²) < 4.78 is 5.31. The molecule has 1 saturated heterocycles. The van der Waals surface area contributed by atoms with Crippen LogP contribution in [0.15, 0.2) is 40.1 Å². The molecule has 114 valence electrons. The number of rotatable bonds is 2. The Kier molecular flexibility index (Phi) is 3.58. The zero-order valence-corrected chi connectivity index (χ0v) is 13.1. The van der Waals surface area contributed by atoms with E-state index in [1.165, 1.54) is 36.3 Å². The van der Waals surface area contributed by atoms with E-state index in [2.05, 4.69) is 11.1 Å². The lowest BCUT2D eigenvalue weighted by molar-refractivity contribution is 0.0749. The highest BCUT2D eigenvalue weighted by Crippen LogP contribution is 2.36. The number of likely N-dealkylation sites (tertiary alicyclic amines) is 1. The minimum Gasteiger partial charge on any atom is -0.444 e. The summed E-state index contributed by atoms with van der Waals surface area (Å²) in [6, 6.07) is 1.89. The van der Waals surface area contributed by atoms with Gasteiger partial charge in [0.1, 0.15) is 6.26 Å². The molecule has 3 heterocycles. The molecular weight excluding hydrogens is 296 g/mol. The Balaban J connectivity index is 1.60. The summed E-state index contributed by atoms with van der Waals surface area (Å²) in [5, 5.41) is 1.91. The average Bonchev–Trinajstić information content (AvgIpc) is 3.24. The smallest absolute Gasteiger partial charge is 0.258 e. The van der Waals surface area contributed by atoms with Crippen molar-refractivity contribution < 1.29 is 9.21 Å². The fourth-order valence-corrected chi connectivity index (χ4v) is 4.28. The zero-order valence-electron chi connectivity index (χ0n) is 12.3. The van der Waals surface area contributed by atoms with E-state index in [-0.39, 0.29) is 5.91 Å². The number of fused-ring (bicyclic) bond motifs is 1. The number of allylic oxidation sites excluding steroid dienone is 2. The first kappa shape index (κ1) is 13.8. The maximum absolute atomic E-state index is 12.9. The van der Waals surface area contributed by atoms with Crippen LogP contribution >= 0.6 is 11.3 Å². The number of hydrogen-bond donors (Lipinski definition) is 0. The molecule has 4 nitrogen and oxygen atoms in total. The van der Waals surface area contributed by atoms with E-state index in [1.807, 2.05) is 16.3 Å². The standard InChI is InChI=1S/C17H18N2O2S/c20-17(13-10-15(22-11-13)16-18-7-9-21-16)19-8-3-5-12-4-1-2-6-14(12)19/h6-7,9-12H,1-5,8H2. The number of thiophene rings is 1. The Morgan fingerprint density at radius 2 is 2.27 bits per heavy atom. The molecule has 1 amide bonds. The number of aromatic nitrogens is 1. The third-order valence-electron chi connectivity index (χ3n) is 4.51. The van der Waals surface area contributed by atoms with Crippen LogP contribution in [-0.4, -0.2) is 22.3 Å². The second-order valence-electron chi connectivity index (χ2n) is 5.89. The van der Waals surface area contributed by atoms with Gasteiger partial charge in [-0.25, -0.2) is 4.98 Å². The molecule has 0 N–H and O–H groups in total. The van der Waals surface area contributed by atoms with Gasteiger partial charge in [-0.15, -0.1) is 11.3 Å². The lowest BCUT2D eigenvalue weighted by Gasteiger charge is -2.37. The van der Waals surface area contributed by atoms with Gasteiger partial charge in [0, 0.05) is 17.6 Å². The molecule has 4 rings (SSSR count). The topological polar surface area (TPSA) is 46.3 Å². The molecular formula is C17H18N2O2S. The lowest BCUT2D eigenvalue weighted by Crippen LogP contribution is -2.38. The molecule has 1 unspecified atom stereocenters. The minimum absolute atomic E-state index is 0.118. The Morgan fingerprint density at radius 1 is 1.36 bits per heavy atom. The quantitative estimate of drug-likeness (QED) is 0.829. The highest BCUT2D eigenvalue weighted by atomic mass is 32.1. The molecule has 1 fully saturated rings. The van der Waals surface area contributed by atoms with Crippen LogP contribution in [0.2, 0.25) is 0 Å². The summed E-state index contributed by atoms with van der Waals surface area (Å²) in [5.41, 5.74) is 2.00. The third-order valence-corrected chi connectivity index (χ3v) is 5.43. The van der Waals surface area contributed by atoms with Crippen LogP contribution in [0.5, 0.6) is 0 Å². The van der Waals surface area contributed by atoms with Gasteiger partial charge in [0.15, 0.2) is 0 Å². The van der Waals surface area contributed by atoms with Gasteiger partial charge in [-0.2, -0.15) is 0 Å². The Bertz CT molecular complexity index is 702. The van der Waals surface area contributed by atoms with Crippen molar-refractivity contribution in [3.63, 3.8) is 0 Å². The van der Waals surface area contributed by atoms with Crippen molar-refractivity contribution in [3.05, 3.63) is 41.2 Å². The van der Waals surface area contributed by atoms with Gasteiger partial charge >= 0.3 is 0 Å². The first-order valence-corrected chi connectivity index (χ1v) is 8.71. The van der Waals surface area contributed by atoms with Gasteiger partial charge in [0.25, 0.3) is 5.91 Å². The van der Waals surface area contributed by atoms with Crippen LogP contribution in [0.25, 0.3) is 10.8 Å². The van der Waals surface area contributed by atoms with Crippen molar-refractivity contribution in [3.8, 4) is 10.8 Å². The fourth-order valence-electron chi connectivity index (χ4n) is 3.46. The summed E-state index contributed by atoms with van der Waals surface area (Å²) in [6.07, 6.45) is 11.3. The van der Waals surface area contributed by atoms with Gasteiger partial charge in [0.2, 0.25) is 5.89 Å². The Labute approximate surface area is 133 Å². The molecule has 2 aliphatic rings. The normalized spacial score (nSPS) is 21.4. The summed E-state index contributed by atoms with van der Waals surface area (Å²) in [7, 11) is 0. The van der Waals surface area contributed by atoms with E-state index in [9.17, 15) is 4.79 Å². The van der Waals surface area contributed by atoms with E-state index in [0.717, 1.165) is 29.8 Å². The molecule has 2 aromatic rings. The fraction of sp³-hybridized carbons (Fsp3) is 0.412. The molecule has 0 spiro atoms. The predicted molar refractivity (Wildman–Crippen MR) is 85.5 cm³/mol. The summed E-state index contributed by atoms with van der Waals surface area (Å²) in [5.74, 6) is 1.28. The second kappa shape index (κ2) is 5.72. The number of piperidine rings is 1. The molecule has 0 radical (unpaired) electrons. The van der Waals surface area contributed by atoms with Crippen molar-refractivity contribution in [1.82, 2.24) is 9.88 Å². The van der Waals surface area contributed by atoms with Crippen LogP contribution in [0.3, 0.4) is 0 Å². The monoisotopic (exact) mass is 314 g/mol. The Morgan fingerprint density at radius 3 is 3.14 bits per heavy atom. The van der Waals surface area contributed by atoms with Crippen LogP contribution in [0.1, 0.15) is 42.5 Å². The highest BCUT2D eigenvalue weighted by molar-refractivity contribution is 7.13. The molecule has 2 aromatic heterocycles. The van der Waals surface area contributed by atoms with Crippen molar-refractivity contribution >= 4 is 17.2 Å². The highest BCUT2D eigenvalue weighted by Gasteiger charge is 2.31. The van der Waals surface area contributed by atoms with Gasteiger partial charge in [0.05, 0.1) is 16.6 Å². The van der Waals surface area contributed by atoms with Gasteiger partial charge in [-0.3, -0.25) is 4.79 Å². The molecule has 0 bridgehead atoms. The third kappa shape index (κ3) is 2.39. The molecule has 22 heavy (non-hydrogen) atoms. The van der Waals surface area contributed by atoms with Crippen LogP contribution in [-0.2, 0) is 0 Å². The average molecular weight is 314 g/mol. The number of carbonyl (C=O) groups excluding carboxylic acids is 1. The zero-order chi connectivity index (χ0) is 14.9. The van der Waals surface area contributed by atoms with Gasteiger partial charge in [-0.1, -0.05) is 6.08 Å².